The number of benzene rings is 1. The van der Waals surface area contributed by atoms with Crippen LogP contribution in [0.4, 0.5) is 22.4 Å². The highest BCUT2D eigenvalue weighted by Gasteiger charge is 2.41. The fourth-order valence-electron chi connectivity index (χ4n) is 4.41. The van der Waals surface area contributed by atoms with E-state index in [-0.39, 0.29) is 23.7 Å². The van der Waals surface area contributed by atoms with Crippen LogP contribution in [0.3, 0.4) is 0 Å². The number of nitrogens with one attached hydrogen (secondary N) is 2. The van der Waals surface area contributed by atoms with Gasteiger partial charge in [-0.05, 0) is 60.9 Å². The lowest BCUT2D eigenvalue weighted by molar-refractivity contribution is -0.137. The van der Waals surface area contributed by atoms with E-state index in [1.807, 2.05) is 0 Å². The molecule has 1 aliphatic rings. The average Bonchev–Trinajstić information content (AvgIpc) is 3.31. The van der Waals surface area contributed by atoms with Crippen LogP contribution < -0.4 is 10.6 Å². The predicted octanol–water partition coefficient (Wildman–Crippen LogP) is 6.02. The topological polar surface area (TPSA) is 66.9 Å². The summed E-state index contributed by atoms with van der Waals surface area (Å²) in [6.45, 7) is 0. The lowest BCUT2D eigenvalue weighted by atomic mass is 9.81. The summed E-state index contributed by atoms with van der Waals surface area (Å²) in [4.78, 5) is 21.8. The Hall–Kier alpha value is -3.20. The Morgan fingerprint density at radius 1 is 1.03 bits per heavy atom. The Bertz CT molecular complexity index is 1170. The summed E-state index contributed by atoms with van der Waals surface area (Å²) in [5.41, 5.74) is -2.32. The van der Waals surface area contributed by atoms with E-state index in [1.54, 1.807) is 18.2 Å². The van der Waals surface area contributed by atoms with Gasteiger partial charge in [0.15, 0.2) is 0 Å². The van der Waals surface area contributed by atoms with Crippen molar-refractivity contribution in [2.45, 2.75) is 49.9 Å². The third kappa shape index (κ3) is 5.90. The van der Waals surface area contributed by atoms with Crippen molar-refractivity contribution in [2.24, 2.45) is 0 Å². The molecule has 0 unspecified atom stereocenters. The number of carbonyl (C=O) groups excluding carboxylic acids is 1. The van der Waals surface area contributed by atoms with Gasteiger partial charge in [0, 0.05) is 30.6 Å². The zero-order chi connectivity index (χ0) is 25.1. The Morgan fingerprint density at radius 3 is 2.40 bits per heavy atom. The summed E-state index contributed by atoms with van der Waals surface area (Å²) in [5.74, 6) is -1.09. The molecule has 0 bridgehead atoms. The summed E-state index contributed by atoms with van der Waals surface area (Å²) < 4.78 is 55.5. The highest BCUT2D eigenvalue weighted by Crippen LogP contribution is 2.37. The largest absolute Gasteiger partial charge is 0.416 e. The summed E-state index contributed by atoms with van der Waals surface area (Å²) >= 11 is 6.01. The normalized spacial score (nSPS) is 16.0. The molecular weight excluding hydrogens is 484 g/mol. The van der Waals surface area contributed by atoms with Gasteiger partial charge >= 0.3 is 12.2 Å². The molecule has 2 N–H and O–H groups in total. The van der Waals surface area contributed by atoms with E-state index in [9.17, 15) is 22.4 Å². The van der Waals surface area contributed by atoms with E-state index in [1.165, 1.54) is 24.5 Å². The Balaban J connectivity index is 1.89. The van der Waals surface area contributed by atoms with Gasteiger partial charge in [0.2, 0.25) is 0 Å². The third-order valence-corrected chi connectivity index (χ3v) is 6.30. The Kier molecular flexibility index (Phi) is 7.25. The van der Waals surface area contributed by atoms with Gasteiger partial charge in [0.25, 0.3) is 0 Å². The van der Waals surface area contributed by atoms with Crippen molar-refractivity contribution >= 4 is 17.6 Å². The van der Waals surface area contributed by atoms with Crippen LogP contribution in [-0.2, 0) is 18.1 Å². The van der Waals surface area contributed by atoms with Crippen LogP contribution in [0.2, 0.25) is 5.02 Å². The van der Waals surface area contributed by atoms with Crippen LogP contribution >= 0.6 is 11.6 Å². The van der Waals surface area contributed by atoms with Crippen molar-refractivity contribution in [3.8, 4) is 0 Å². The van der Waals surface area contributed by atoms with E-state index < -0.39 is 29.1 Å². The smallest absolute Gasteiger partial charge is 0.335 e. The van der Waals surface area contributed by atoms with Gasteiger partial charge in [-0.15, -0.1) is 0 Å². The zero-order valence-electron chi connectivity index (χ0n) is 18.6. The number of aromatic nitrogens is 2. The van der Waals surface area contributed by atoms with Crippen molar-refractivity contribution in [3.05, 3.63) is 94.3 Å². The van der Waals surface area contributed by atoms with Crippen LogP contribution in [0.1, 0.15) is 48.2 Å². The van der Waals surface area contributed by atoms with Crippen LogP contribution in [0.5, 0.6) is 0 Å². The van der Waals surface area contributed by atoms with E-state index >= 15 is 0 Å². The average molecular weight is 507 g/mol. The molecule has 0 aliphatic heterocycles. The molecule has 1 saturated carbocycles. The number of amides is 2. The first-order chi connectivity index (χ1) is 16.7. The van der Waals surface area contributed by atoms with Crippen molar-refractivity contribution in [1.82, 2.24) is 20.6 Å². The summed E-state index contributed by atoms with van der Waals surface area (Å²) in [6, 6.07) is 9.67. The quantitative estimate of drug-likeness (QED) is 0.402. The highest BCUT2D eigenvalue weighted by molar-refractivity contribution is 6.30. The predicted molar refractivity (Wildman–Crippen MR) is 123 cm³/mol. The number of carbonyl (C=O) groups is 1. The maximum Gasteiger partial charge on any atom is 0.416 e. The number of pyridine rings is 2. The third-order valence-electron chi connectivity index (χ3n) is 6.07. The van der Waals surface area contributed by atoms with Crippen molar-refractivity contribution < 1.29 is 22.4 Å². The standard InChI is InChI=1S/C25H23ClF4N4O/c26-18-8-9-22(32-15-18)24(14-21-7-3-4-10-31-21,34-23(35)33-20-5-1-2-6-20)16-11-17(25(28,29)30)13-19(27)12-16/h3-4,7-13,15,20H,1-2,5-6,14H2,(H2,33,34,35)/t24-/m0/s1. The summed E-state index contributed by atoms with van der Waals surface area (Å²) in [7, 11) is 0. The Labute approximate surface area is 204 Å². The number of nitrogens with zero attached hydrogens (tertiary/aromatic N) is 2. The minimum Gasteiger partial charge on any atom is -0.335 e. The number of halogens is 5. The fourth-order valence-corrected chi connectivity index (χ4v) is 4.52. The molecule has 0 radical (unpaired) electrons. The SMILES string of the molecule is O=C(NC1CCCC1)N[C@@](Cc1ccccn1)(c1cc(F)cc(C(F)(F)F)c1)c1ccc(Cl)cn1. The van der Waals surface area contributed by atoms with Crippen LogP contribution in [0.15, 0.2) is 60.9 Å². The molecule has 1 aliphatic carbocycles. The summed E-state index contributed by atoms with van der Waals surface area (Å²) in [5, 5.41) is 6.02. The molecule has 10 heteroatoms. The second kappa shape index (κ2) is 10.2. The number of rotatable bonds is 6. The lowest BCUT2D eigenvalue weighted by Gasteiger charge is -2.36. The van der Waals surface area contributed by atoms with Gasteiger partial charge in [-0.25, -0.2) is 9.18 Å². The summed E-state index contributed by atoms with van der Waals surface area (Å²) in [6.07, 6.45) is 1.53. The molecule has 1 fully saturated rings. The number of hydrogen-bond donors (Lipinski definition) is 2. The van der Waals surface area contributed by atoms with Crippen molar-refractivity contribution in [2.75, 3.05) is 0 Å². The molecule has 2 heterocycles. The van der Waals surface area contributed by atoms with Crippen LogP contribution in [0.25, 0.3) is 0 Å². The van der Waals surface area contributed by atoms with E-state index in [2.05, 4.69) is 20.6 Å². The van der Waals surface area contributed by atoms with E-state index in [4.69, 9.17) is 11.6 Å². The monoisotopic (exact) mass is 506 g/mol. The van der Waals surface area contributed by atoms with E-state index in [0.717, 1.165) is 37.8 Å². The minimum atomic E-state index is -4.80. The molecule has 2 amide bonds. The molecule has 1 atom stereocenters. The van der Waals surface area contributed by atoms with Gasteiger partial charge in [-0.3, -0.25) is 9.97 Å². The second-order valence-corrected chi connectivity index (χ2v) is 9.01. The molecule has 35 heavy (non-hydrogen) atoms. The van der Waals surface area contributed by atoms with Crippen LogP contribution in [0, 0.1) is 5.82 Å². The number of alkyl halides is 3. The Morgan fingerprint density at radius 2 is 1.77 bits per heavy atom. The zero-order valence-corrected chi connectivity index (χ0v) is 19.3. The van der Waals surface area contributed by atoms with Crippen LogP contribution in [-0.4, -0.2) is 22.0 Å². The molecule has 3 aromatic rings. The number of hydrogen-bond acceptors (Lipinski definition) is 3. The molecule has 5 nitrogen and oxygen atoms in total. The van der Waals surface area contributed by atoms with Gasteiger partial charge in [0.1, 0.15) is 11.4 Å². The first-order valence-electron chi connectivity index (χ1n) is 11.1. The molecule has 2 aromatic heterocycles. The fraction of sp³-hybridized carbons (Fsp3) is 0.320. The molecule has 0 spiro atoms. The second-order valence-electron chi connectivity index (χ2n) is 8.57. The maximum absolute atomic E-state index is 14.6. The highest BCUT2D eigenvalue weighted by atomic mass is 35.5. The number of urea groups is 1. The van der Waals surface area contributed by atoms with Gasteiger partial charge in [0.05, 0.1) is 16.3 Å². The lowest BCUT2D eigenvalue weighted by Crippen LogP contribution is -2.54. The van der Waals surface area contributed by atoms with Crippen molar-refractivity contribution in [3.63, 3.8) is 0 Å². The molecule has 1 aromatic carbocycles. The first-order valence-corrected chi connectivity index (χ1v) is 11.5. The minimum absolute atomic E-state index is 0.0565. The maximum atomic E-state index is 14.6. The molecule has 184 valence electrons. The van der Waals surface area contributed by atoms with E-state index in [0.29, 0.717) is 16.8 Å². The van der Waals surface area contributed by atoms with Gasteiger partial charge < -0.3 is 10.6 Å². The van der Waals surface area contributed by atoms with Crippen molar-refractivity contribution in [1.29, 1.82) is 0 Å². The molecule has 4 rings (SSSR count). The first kappa shape index (κ1) is 24.9. The molecule has 0 saturated heterocycles. The van der Waals surface area contributed by atoms with Gasteiger partial charge in [-0.2, -0.15) is 13.2 Å². The molecular formula is C25H23ClF4N4O. The van der Waals surface area contributed by atoms with Gasteiger partial charge in [-0.1, -0.05) is 30.5 Å².